The van der Waals surface area contributed by atoms with Gasteiger partial charge in [-0.2, -0.15) is 88.8 Å². The summed E-state index contributed by atoms with van der Waals surface area (Å²) in [6.07, 6.45) is -14.6. The molecule has 0 radical (unpaired) electrons. The van der Waals surface area contributed by atoms with Gasteiger partial charge < -0.3 is 0 Å². The Morgan fingerprint density at radius 2 is 0.767 bits per heavy atom. The van der Waals surface area contributed by atoms with Gasteiger partial charge in [0.1, 0.15) is 0 Å². The van der Waals surface area contributed by atoms with Crippen molar-refractivity contribution in [2.24, 2.45) is 0 Å². The summed E-state index contributed by atoms with van der Waals surface area (Å²) in [6.45, 7) is 0. The fourth-order valence-electron chi connectivity index (χ4n) is 1.49. The van der Waals surface area contributed by atoms with Crippen LogP contribution in [0.1, 0.15) is 0 Å². The van der Waals surface area contributed by atoms with E-state index in [9.17, 15) is 79.0 Å². The topological polar surface area (TPSA) is 27.7 Å². The first-order valence-corrected chi connectivity index (χ1v) is 6.13. The van der Waals surface area contributed by atoms with E-state index in [0.29, 0.717) is 0 Å². The first kappa shape index (κ1) is 26.7. The van der Waals surface area contributed by atoms with Gasteiger partial charge in [-0.05, 0) is 0 Å². The molecule has 1 aliphatic heterocycles. The Morgan fingerprint density at radius 3 is 1.07 bits per heavy atom. The SMILES string of the molecule is FC(F)(F)C1(F)OOC(F)(C(F)(F)C(F)(F)C(F)(F)C(F)(F)C(F)(F)C(F)(F)F)O1. The lowest BCUT2D eigenvalue weighted by Gasteiger charge is -2.41. The summed E-state index contributed by atoms with van der Waals surface area (Å²) in [5, 5.41) is 0. The molecular weight excluding hydrogens is 498 g/mol. The largest absolute Gasteiger partial charge is 0.480 e. The van der Waals surface area contributed by atoms with Gasteiger partial charge in [-0.25, -0.2) is 4.74 Å². The van der Waals surface area contributed by atoms with E-state index in [4.69, 9.17) is 0 Å². The van der Waals surface area contributed by atoms with Gasteiger partial charge in [0.15, 0.2) is 0 Å². The standard InChI is InChI=1S/C9F18O3/c10-1(11,2(12,13)4(16,17)6(20,21)22)3(14,15)5(18,19)8(26)28-9(27,30-29-8)7(23,24)25. The molecule has 0 saturated carbocycles. The Bertz CT molecular complexity index is 665. The van der Waals surface area contributed by atoms with Crippen molar-refractivity contribution in [2.45, 2.75) is 54.0 Å². The molecular formula is C9F18O3. The van der Waals surface area contributed by atoms with Gasteiger partial charge >= 0.3 is 54.0 Å². The number of hydrogen-bond acceptors (Lipinski definition) is 3. The van der Waals surface area contributed by atoms with Crippen molar-refractivity contribution in [3.63, 3.8) is 0 Å². The summed E-state index contributed by atoms with van der Waals surface area (Å²) in [5.41, 5.74) is 0. The van der Waals surface area contributed by atoms with Gasteiger partial charge in [0.2, 0.25) is 0 Å². The van der Waals surface area contributed by atoms with E-state index >= 15 is 0 Å². The molecule has 21 heteroatoms. The Labute approximate surface area is 149 Å². The highest BCUT2D eigenvalue weighted by Crippen LogP contribution is 2.64. The predicted molar refractivity (Wildman–Crippen MR) is 47.8 cm³/mol. The van der Waals surface area contributed by atoms with Crippen LogP contribution in [0, 0.1) is 0 Å². The number of ether oxygens (including phenoxy) is 1. The van der Waals surface area contributed by atoms with Gasteiger partial charge in [-0.1, -0.05) is 0 Å². The normalized spacial score (nSPS) is 28.2. The summed E-state index contributed by atoms with van der Waals surface area (Å²) in [6, 6.07) is -13.2. The summed E-state index contributed by atoms with van der Waals surface area (Å²) in [4.78, 5) is 4.25. The first-order valence-electron chi connectivity index (χ1n) is 6.13. The smallest absolute Gasteiger partial charge is 0.246 e. The molecule has 2 unspecified atom stereocenters. The van der Waals surface area contributed by atoms with Crippen LogP contribution >= 0.6 is 0 Å². The highest BCUT2D eigenvalue weighted by molar-refractivity contribution is 5.12. The van der Waals surface area contributed by atoms with E-state index in [1.165, 1.54) is 0 Å². The van der Waals surface area contributed by atoms with Crippen LogP contribution in [0.3, 0.4) is 0 Å². The Balaban J connectivity index is 3.55. The molecule has 0 bridgehead atoms. The lowest BCUT2D eigenvalue weighted by atomic mass is 9.93. The molecule has 3 nitrogen and oxygen atoms in total. The van der Waals surface area contributed by atoms with Gasteiger partial charge in [0.25, 0.3) is 0 Å². The minimum absolute atomic E-state index is 1.99. The number of halogens is 18. The zero-order valence-electron chi connectivity index (χ0n) is 12.5. The lowest BCUT2D eigenvalue weighted by molar-refractivity contribution is -0.498. The molecule has 0 aliphatic carbocycles. The van der Waals surface area contributed by atoms with Gasteiger partial charge in [-0.3, -0.25) is 0 Å². The minimum atomic E-state index is -8.59. The van der Waals surface area contributed by atoms with Crippen molar-refractivity contribution in [3.05, 3.63) is 0 Å². The minimum Gasteiger partial charge on any atom is -0.246 e. The van der Waals surface area contributed by atoms with E-state index in [-0.39, 0.29) is 0 Å². The predicted octanol–water partition coefficient (Wildman–Crippen LogP) is 5.51. The third-order valence-corrected chi connectivity index (χ3v) is 3.17. The second-order valence-electron chi connectivity index (χ2n) is 5.21. The Morgan fingerprint density at radius 1 is 0.433 bits per heavy atom. The van der Waals surface area contributed by atoms with E-state index in [0.717, 1.165) is 0 Å². The van der Waals surface area contributed by atoms with Crippen LogP contribution in [0.2, 0.25) is 0 Å². The molecule has 1 heterocycles. The summed E-state index contributed by atoms with van der Waals surface area (Å²) >= 11 is 0. The van der Waals surface area contributed by atoms with E-state index in [1.54, 1.807) is 0 Å². The van der Waals surface area contributed by atoms with E-state index in [1.807, 2.05) is 4.74 Å². The van der Waals surface area contributed by atoms with Crippen LogP contribution in [-0.2, 0) is 14.5 Å². The molecule has 0 amide bonds. The zero-order chi connectivity index (χ0) is 24.6. The first-order chi connectivity index (χ1) is 12.7. The van der Waals surface area contributed by atoms with Crippen LogP contribution in [0.4, 0.5) is 79.0 Å². The maximum Gasteiger partial charge on any atom is 0.480 e. The van der Waals surface area contributed by atoms with E-state index in [2.05, 4.69) is 9.78 Å². The van der Waals surface area contributed by atoms with Gasteiger partial charge in [-0.15, -0.1) is 0 Å². The average Bonchev–Trinajstić information content (AvgIpc) is 2.83. The van der Waals surface area contributed by atoms with Crippen molar-refractivity contribution >= 4 is 0 Å². The van der Waals surface area contributed by atoms with Gasteiger partial charge in [0, 0.05) is 0 Å². The summed E-state index contributed by atoms with van der Waals surface area (Å²) < 4.78 is 231. The van der Waals surface area contributed by atoms with Crippen LogP contribution in [0.25, 0.3) is 0 Å². The molecule has 0 N–H and O–H groups in total. The average molecular weight is 498 g/mol. The second kappa shape index (κ2) is 6.33. The molecule has 180 valence electrons. The fraction of sp³-hybridized carbons (Fsp3) is 1.00. The van der Waals surface area contributed by atoms with Crippen LogP contribution in [0.15, 0.2) is 0 Å². The fourth-order valence-corrected chi connectivity index (χ4v) is 1.49. The molecule has 1 rings (SSSR count). The van der Waals surface area contributed by atoms with Crippen LogP contribution in [-0.4, -0.2) is 54.0 Å². The monoisotopic (exact) mass is 498 g/mol. The maximum absolute atomic E-state index is 13.5. The second-order valence-corrected chi connectivity index (χ2v) is 5.21. The summed E-state index contributed by atoms with van der Waals surface area (Å²) in [5.74, 6) is -41.7. The van der Waals surface area contributed by atoms with Crippen molar-refractivity contribution in [1.29, 1.82) is 0 Å². The third-order valence-electron chi connectivity index (χ3n) is 3.17. The molecule has 0 aromatic heterocycles. The number of rotatable bonds is 5. The quantitative estimate of drug-likeness (QED) is 0.370. The Hall–Kier alpha value is -1.38. The molecule has 0 aromatic carbocycles. The highest BCUT2D eigenvalue weighted by atomic mass is 19.4. The molecule has 1 saturated heterocycles. The molecule has 1 aliphatic rings. The van der Waals surface area contributed by atoms with Crippen LogP contribution in [0.5, 0.6) is 0 Å². The molecule has 0 aromatic rings. The highest BCUT2D eigenvalue weighted by Gasteiger charge is 2.95. The molecule has 2 atom stereocenters. The maximum atomic E-state index is 13.5. The number of alkyl halides is 18. The zero-order valence-corrected chi connectivity index (χ0v) is 12.5. The lowest BCUT2D eigenvalue weighted by Crippen LogP contribution is -2.73. The molecule has 1 fully saturated rings. The third kappa shape index (κ3) is 3.14. The van der Waals surface area contributed by atoms with Gasteiger partial charge in [0.05, 0.1) is 0 Å². The van der Waals surface area contributed by atoms with E-state index < -0.39 is 54.0 Å². The molecule has 30 heavy (non-hydrogen) atoms. The molecule has 0 spiro atoms. The van der Waals surface area contributed by atoms with Crippen LogP contribution < -0.4 is 0 Å². The van der Waals surface area contributed by atoms with Crippen molar-refractivity contribution in [1.82, 2.24) is 0 Å². The van der Waals surface area contributed by atoms with Crippen molar-refractivity contribution in [2.75, 3.05) is 0 Å². The van der Waals surface area contributed by atoms with Crippen molar-refractivity contribution in [3.8, 4) is 0 Å². The van der Waals surface area contributed by atoms with Crippen molar-refractivity contribution < 1.29 is 93.5 Å². The number of hydrogen-bond donors (Lipinski definition) is 0. The Kier molecular flexibility index (Phi) is 5.62. The summed E-state index contributed by atoms with van der Waals surface area (Å²) in [7, 11) is 0.